The molecule has 172 valence electrons. The molecule has 0 spiro atoms. The van der Waals surface area contributed by atoms with E-state index < -0.39 is 40.5 Å². The van der Waals surface area contributed by atoms with Crippen molar-refractivity contribution in [3.63, 3.8) is 0 Å². The van der Waals surface area contributed by atoms with Gasteiger partial charge in [-0.1, -0.05) is 23.4 Å². The first kappa shape index (κ1) is 22.5. The second-order valence-electron chi connectivity index (χ2n) is 7.21. The summed E-state index contributed by atoms with van der Waals surface area (Å²) < 4.78 is 48.2. The highest BCUT2D eigenvalue weighted by Crippen LogP contribution is 2.42. The van der Waals surface area contributed by atoms with Crippen molar-refractivity contribution in [2.45, 2.75) is 19.6 Å². The molecule has 4 rings (SSSR count). The molecule has 0 bridgehead atoms. The van der Waals surface area contributed by atoms with Crippen molar-refractivity contribution in [2.75, 3.05) is 0 Å². The summed E-state index contributed by atoms with van der Waals surface area (Å²) in [5.74, 6) is -2.17. The second kappa shape index (κ2) is 8.00. The fourth-order valence-electron chi connectivity index (χ4n) is 3.68. The Morgan fingerprint density at radius 2 is 1.88 bits per heavy atom. The minimum absolute atomic E-state index is 0.0595. The zero-order chi connectivity index (χ0) is 24.8. The highest BCUT2D eigenvalue weighted by atomic mass is 19.4. The van der Waals surface area contributed by atoms with E-state index in [0.29, 0.717) is 0 Å². The summed E-state index contributed by atoms with van der Waals surface area (Å²) in [4.78, 5) is 28.8. The number of aromatic nitrogens is 4. The average molecular weight is 469 g/mol. The first-order valence-corrected chi connectivity index (χ1v) is 9.56. The monoisotopic (exact) mass is 469 g/mol. The summed E-state index contributed by atoms with van der Waals surface area (Å²) >= 11 is 0. The molecular weight excluding hydrogens is 455 g/mol. The van der Waals surface area contributed by atoms with Gasteiger partial charge in [0, 0.05) is 28.3 Å². The minimum atomic E-state index is -4.99. The number of alkyl halides is 3. The first-order chi connectivity index (χ1) is 16.0. The van der Waals surface area contributed by atoms with Gasteiger partial charge in [-0.3, -0.25) is 14.3 Å². The maximum Gasteiger partial charge on any atom is 0.435 e. The van der Waals surface area contributed by atoms with Gasteiger partial charge in [-0.15, -0.1) is 0 Å². The van der Waals surface area contributed by atoms with Crippen LogP contribution in [0.5, 0.6) is 0 Å². The van der Waals surface area contributed by atoms with Crippen LogP contribution in [0, 0.1) is 18.3 Å². The van der Waals surface area contributed by atoms with Crippen molar-refractivity contribution in [3.8, 4) is 17.2 Å². The van der Waals surface area contributed by atoms with Crippen LogP contribution in [0.3, 0.4) is 0 Å². The zero-order valence-corrected chi connectivity index (χ0v) is 17.3. The van der Waals surface area contributed by atoms with E-state index in [9.17, 15) is 22.8 Å². The maximum atomic E-state index is 14.1. The predicted molar refractivity (Wildman–Crippen MR) is 110 cm³/mol. The quantitative estimate of drug-likeness (QED) is 0.453. The van der Waals surface area contributed by atoms with Crippen LogP contribution in [0.15, 0.2) is 34.9 Å². The van der Waals surface area contributed by atoms with E-state index in [1.165, 1.54) is 25.1 Å². The average Bonchev–Trinajstić information content (AvgIpc) is 3.36. The van der Waals surface area contributed by atoms with Crippen molar-refractivity contribution in [2.24, 2.45) is 11.5 Å². The number of nitrogens with two attached hydrogens (primary N) is 2. The number of hydrogen-bond acceptors (Lipinski definition) is 7. The van der Waals surface area contributed by atoms with E-state index in [2.05, 4.69) is 15.2 Å². The Morgan fingerprint density at radius 1 is 1.18 bits per heavy atom. The smallest absolute Gasteiger partial charge is 0.366 e. The third-order valence-corrected chi connectivity index (χ3v) is 5.08. The number of nitriles is 1. The molecule has 4 N–H and O–H groups in total. The van der Waals surface area contributed by atoms with Gasteiger partial charge >= 0.3 is 6.18 Å². The normalized spacial score (nSPS) is 11.5. The Labute approximate surface area is 188 Å². The predicted octanol–water partition coefficient (Wildman–Crippen LogP) is 2.53. The molecule has 3 aromatic heterocycles. The number of benzene rings is 1. The Kier molecular flexibility index (Phi) is 5.28. The molecule has 3 heterocycles. The third kappa shape index (κ3) is 3.71. The second-order valence-corrected chi connectivity index (χ2v) is 7.21. The number of para-hydroxylation sites is 1. The van der Waals surface area contributed by atoms with Crippen LogP contribution in [0.4, 0.5) is 13.2 Å². The maximum absolute atomic E-state index is 14.1. The topological polar surface area (TPSA) is 167 Å². The number of halogens is 3. The van der Waals surface area contributed by atoms with Crippen LogP contribution < -0.4 is 11.5 Å². The minimum Gasteiger partial charge on any atom is -0.366 e. The molecule has 0 aliphatic heterocycles. The zero-order valence-electron chi connectivity index (χ0n) is 17.3. The molecule has 0 saturated heterocycles. The van der Waals surface area contributed by atoms with Gasteiger partial charge in [-0.2, -0.15) is 23.5 Å². The van der Waals surface area contributed by atoms with Crippen LogP contribution >= 0.6 is 0 Å². The fourth-order valence-corrected chi connectivity index (χ4v) is 3.68. The van der Waals surface area contributed by atoms with E-state index in [-0.39, 0.29) is 40.2 Å². The standard InChI is InChI=1S/C21H14F3N7O3/c1-9-14(18(21(22,23)24)29-31(9)8-11-6-10(7-25)30-34-11)16-15(19(26)32)12-4-2-3-5-13(12)28-17(16)20(27)33/h2-6H,8H2,1H3,(H2,26,32)(H2,27,33). The van der Waals surface area contributed by atoms with Crippen molar-refractivity contribution < 1.29 is 27.3 Å². The molecule has 34 heavy (non-hydrogen) atoms. The Hall–Kier alpha value is -4.73. The third-order valence-electron chi connectivity index (χ3n) is 5.08. The Bertz CT molecular complexity index is 1510. The number of hydrogen-bond donors (Lipinski definition) is 2. The van der Waals surface area contributed by atoms with Gasteiger partial charge in [0.25, 0.3) is 5.91 Å². The van der Waals surface area contributed by atoms with E-state index in [1.54, 1.807) is 18.2 Å². The number of fused-ring (bicyclic) bond motifs is 1. The largest absolute Gasteiger partial charge is 0.435 e. The highest BCUT2D eigenvalue weighted by Gasteiger charge is 2.41. The molecule has 0 radical (unpaired) electrons. The van der Waals surface area contributed by atoms with Crippen LogP contribution in [-0.4, -0.2) is 31.7 Å². The number of pyridine rings is 1. The lowest BCUT2D eigenvalue weighted by atomic mass is 9.92. The summed E-state index contributed by atoms with van der Waals surface area (Å²) in [5, 5.41) is 16.2. The van der Waals surface area contributed by atoms with Gasteiger partial charge in [-0.05, 0) is 13.0 Å². The number of amides is 2. The number of carbonyl (C=O) groups excluding carboxylic acids is 2. The molecule has 0 atom stereocenters. The summed E-state index contributed by atoms with van der Waals surface area (Å²) in [6.07, 6.45) is -4.99. The molecule has 0 aliphatic rings. The van der Waals surface area contributed by atoms with Gasteiger partial charge < -0.3 is 16.0 Å². The first-order valence-electron chi connectivity index (χ1n) is 9.56. The number of rotatable bonds is 5. The van der Waals surface area contributed by atoms with Gasteiger partial charge in [0.1, 0.15) is 18.3 Å². The lowest BCUT2D eigenvalue weighted by Crippen LogP contribution is -2.21. The van der Waals surface area contributed by atoms with E-state index in [4.69, 9.17) is 21.3 Å². The summed E-state index contributed by atoms with van der Waals surface area (Å²) in [5.41, 5.74) is 7.68. The van der Waals surface area contributed by atoms with Crippen LogP contribution in [0.2, 0.25) is 0 Å². The van der Waals surface area contributed by atoms with Crippen molar-refractivity contribution in [1.29, 1.82) is 5.26 Å². The van der Waals surface area contributed by atoms with Crippen LogP contribution in [-0.2, 0) is 12.7 Å². The Balaban J connectivity index is 2.08. The Morgan fingerprint density at radius 3 is 2.47 bits per heavy atom. The van der Waals surface area contributed by atoms with Crippen molar-refractivity contribution in [1.82, 2.24) is 19.9 Å². The molecule has 4 aromatic rings. The van der Waals surface area contributed by atoms with Gasteiger partial charge in [0.05, 0.1) is 11.1 Å². The lowest BCUT2D eigenvalue weighted by molar-refractivity contribution is -0.141. The molecular formula is C21H14F3N7O3. The van der Waals surface area contributed by atoms with Crippen molar-refractivity contribution >= 4 is 22.7 Å². The SMILES string of the molecule is Cc1c(-c2c(C(N)=O)nc3ccccc3c2C(N)=O)c(C(F)(F)F)nn1Cc1cc(C#N)no1. The number of primary amides is 2. The van der Waals surface area contributed by atoms with E-state index >= 15 is 0 Å². The summed E-state index contributed by atoms with van der Waals surface area (Å²) in [6, 6.07) is 9.02. The van der Waals surface area contributed by atoms with Gasteiger partial charge in [0.15, 0.2) is 17.1 Å². The summed E-state index contributed by atoms with van der Waals surface area (Å²) in [6.45, 7) is 0.992. The number of nitrogens with zero attached hydrogens (tertiary/aromatic N) is 5. The van der Waals surface area contributed by atoms with Gasteiger partial charge in [-0.25, -0.2) is 4.98 Å². The molecule has 13 heteroatoms. The van der Waals surface area contributed by atoms with Crippen molar-refractivity contribution in [3.05, 3.63) is 64.4 Å². The van der Waals surface area contributed by atoms with E-state index in [0.717, 1.165) is 4.68 Å². The highest BCUT2D eigenvalue weighted by molar-refractivity contribution is 6.15. The molecule has 0 saturated carbocycles. The van der Waals surface area contributed by atoms with Gasteiger partial charge in [0.2, 0.25) is 5.91 Å². The molecule has 0 fully saturated rings. The molecule has 1 aromatic carbocycles. The molecule has 0 unspecified atom stereocenters. The summed E-state index contributed by atoms with van der Waals surface area (Å²) in [7, 11) is 0. The molecule has 2 amide bonds. The molecule has 10 nitrogen and oxygen atoms in total. The lowest BCUT2D eigenvalue weighted by Gasteiger charge is -2.15. The fraction of sp³-hybridized carbons (Fsp3) is 0.143. The molecule has 0 aliphatic carbocycles. The van der Waals surface area contributed by atoms with E-state index in [1.807, 2.05) is 0 Å². The number of carbonyl (C=O) groups is 2. The van der Waals surface area contributed by atoms with Crippen LogP contribution in [0.1, 0.15) is 43.7 Å². The van der Waals surface area contributed by atoms with Crippen LogP contribution in [0.25, 0.3) is 22.0 Å².